The van der Waals surface area contributed by atoms with Crippen LogP contribution in [0, 0.1) is 0 Å². The molecule has 0 heterocycles. The second-order valence-corrected chi connectivity index (χ2v) is 7.08. The standard InChI is InChI=1S/C13H29NO2S/c1-3-5-6-7-8-9-11-14-12-10-13-17(15,16)4-2/h14H,3-13H2,1-2H3. The Bertz CT molecular complexity index is 250. The third-order valence-corrected chi connectivity index (χ3v) is 4.75. The lowest BCUT2D eigenvalue weighted by Gasteiger charge is -2.05. The van der Waals surface area contributed by atoms with E-state index in [2.05, 4.69) is 12.2 Å². The molecular weight excluding hydrogens is 234 g/mol. The molecule has 0 amide bonds. The van der Waals surface area contributed by atoms with Gasteiger partial charge in [0.2, 0.25) is 0 Å². The Balaban J connectivity index is 3.14. The molecule has 0 aliphatic rings. The van der Waals surface area contributed by atoms with Crippen LogP contribution in [-0.2, 0) is 9.84 Å². The van der Waals surface area contributed by atoms with E-state index in [4.69, 9.17) is 0 Å². The minimum absolute atomic E-state index is 0.268. The van der Waals surface area contributed by atoms with E-state index in [-0.39, 0.29) is 5.75 Å². The normalized spacial score (nSPS) is 11.9. The van der Waals surface area contributed by atoms with Crippen LogP contribution in [0.3, 0.4) is 0 Å². The van der Waals surface area contributed by atoms with Gasteiger partial charge in [-0.15, -0.1) is 0 Å². The average Bonchev–Trinajstić information content (AvgIpc) is 2.31. The minimum atomic E-state index is -2.77. The maximum Gasteiger partial charge on any atom is 0.150 e. The molecule has 0 radical (unpaired) electrons. The van der Waals surface area contributed by atoms with Gasteiger partial charge in [0.25, 0.3) is 0 Å². The lowest BCUT2D eigenvalue weighted by molar-refractivity contribution is 0.565. The zero-order valence-electron chi connectivity index (χ0n) is 11.5. The lowest BCUT2D eigenvalue weighted by Crippen LogP contribution is -2.20. The molecule has 0 aromatic heterocycles. The van der Waals surface area contributed by atoms with Crippen molar-refractivity contribution in [2.75, 3.05) is 24.6 Å². The van der Waals surface area contributed by atoms with Crippen LogP contribution in [0.4, 0.5) is 0 Å². The third-order valence-electron chi connectivity index (χ3n) is 2.96. The van der Waals surface area contributed by atoms with Gasteiger partial charge in [-0.1, -0.05) is 46.0 Å². The summed E-state index contributed by atoms with van der Waals surface area (Å²) in [5, 5.41) is 3.31. The minimum Gasteiger partial charge on any atom is -0.317 e. The zero-order valence-corrected chi connectivity index (χ0v) is 12.3. The molecule has 0 saturated heterocycles. The first-order valence-corrected chi connectivity index (χ1v) is 8.85. The maximum atomic E-state index is 11.2. The van der Waals surface area contributed by atoms with Crippen LogP contribution >= 0.6 is 0 Å². The number of hydrogen-bond acceptors (Lipinski definition) is 3. The van der Waals surface area contributed by atoms with E-state index >= 15 is 0 Å². The molecule has 0 saturated carbocycles. The van der Waals surface area contributed by atoms with Crippen LogP contribution in [0.2, 0.25) is 0 Å². The Morgan fingerprint density at radius 3 is 2.06 bits per heavy atom. The number of rotatable bonds is 12. The number of hydrogen-bond donors (Lipinski definition) is 1. The van der Waals surface area contributed by atoms with Gasteiger partial charge in [0.1, 0.15) is 9.84 Å². The zero-order chi connectivity index (χ0) is 13.0. The van der Waals surface area contributed by atoms with E-state index in [9.17, 15) is 8.42 Å². The Labute approximate surface area is 107 Å². The molecule has 17 heavy (non-hydrogen) atoms. The number of nitrogens with one attached hydrogen (secondary N) is 1. The van der Waals surface area contributed by atoms with E-state index < -0.39 is 9.84 Å². The molecule has 3 nitrogen and oxygen atoms in total. The lowest BCUT2D eigenvalue weighted by atomic mass is 10.1. The van der Waals surface area contributed by atoms with Crippen LogP contribution in [0.15, 0.2) is 0 Å². The fraction of sp³-hybridized carbons (Fsp3) is 1.00. The molecule has 104 valence electrons. The molecule has 1 N–H and O–H groups in total. The van der Waals surface area contributed by atoms with Crippen LogP contribution in [0.5, 0.6) is 0 Å². The van der Waals surface area contributed by atoms with Crippen molar-refractivity contribution in [3.8, 4) is 0 Å². The van der Waals surface area contributed by atoms with Gasteiger partial charge < -0.3 is 5.32 Å². The van der Waals surface area contributed by atoms with Crippen LogP contribution in [0.1, 0.15) is 58.8 Å². The first-order valence-electron chi connectivity index (χ1n) is 7.03. The monoisotopic (exact) mass is 263 g/mol. The highest BCUT2D eigenvalue weighted by Gasteiger charge is 2.05. The van der Waals surface area contributed by atoms with E-state index in [1.54, 1.807) is 6.92 Å². The Morgan fingerprint density at radius 1 is 0.824 bits per heavy atom. The van der Waals surface area contributed by atoms with Gasteiger partial charge in [-0.2, -0.15) is 0 Å². The second kappa shape index (κ2) is 11.0. The average molecular weight is 263 g/mol. The van der Waals surface area contributed by atoms with E-state index in [0.717, 1.165) is 19.5 Å². The quantitative estimate of drug-likeness (QED) is 0.551. The number of unbranched alkanes of at least 4 members (excludes halogenated alkanes) is 5. The fourth-order valence-corrected chi connectivity index (χ4v) is 2.59. The third kappa shape index (κ3) is 12.2. The first kappa shape index (κ1) is 16.9. The second-order valence-electron chi connectivity index (χ2n) is 4.61. The van der Waals surface area contributed by atoms with Crippen LogP contribution in [0.25, 0.3) is 0 Å². The Morgan fingerprint density at radius 2 is 1.41 bits per heavy atom. The molecule has 0 spiro atoms. The van der Waals surface area contributed by atoms with Crippen molar-refractivity contribution < 1.29 is 8.42 Å². The van der Waals surface area contributed by atoms with E-state index in [1.165, 1.54) is 38.5 Å². The molecular formula is C13H29NO2S. The predicted molar refractivity (Wildman–Crippen MR) is 75.2 cm³/mol. The molecule has 0 aromatic rings. The van der Waals surface area contributed by atoms with Crippen molar-refractivity contribution in [1.29, 1.82) is 0 Å². The van der Waals surface area contributed by atoms with Crippen LogP contribution in [-0.4, -0.2) is 33.0 Å². The highest BCUT2D eigenvalue weighted by molar-refractivity contribution is 7.91. The van der Waals surface area contributed by atoms with Crippen molar-refractivity contribution in [3.05, 3.63) is 0 Å². The SMILES string of the molecule is CCCCCCCCNCCCS(=O)(=O)CC. The summed E-state index contributed by atoms with van der Waals surface area (Å²) in [6.45, 7) is 5.79. The highest BCUT2D eigenvalue weighted by Crippen LogP contribution is 2.04. The van der Waals surface area contributed by atoms with Gasteiger partial charge in [0.15, 0.2) is 0 Å². The molecule has 0 atom stereocenters. The van der Waals surface area contributed by atoms with Crippen LogP contribution < -0.4 is 5.32 Å². The van der Waals surface area contributed by atoms with Gasteiger partial charge in [-0.05, 0) is 25.9 Å². The molecule has 0 unspecified atom stereocenters. The van der Waals surface area contributed by atoms with Gasteiger partial charge in [-0.25, -0.2) is 8.42 Å². The first-order chi connectivity index (χ1) is 8.12. The van der Waals surface area contributed by atoms with Crippen molar-refractivity contribution in [3.63, 3.8) is 0 Å². The van der Waals surface area contributed by atoms with Crippen molar-refractivity contribution in [2.24, 2.45) is 0 Å². The van der Waals surface area contributed by atoms with Gasteiger partial charge in [0.05, 0.1) is 5.75 Å². The van der Waals surface area contributed by atoms with Gasteiger partial charge >= 0.3 is 0 Å². The Kier molecular flexibility index (Phi) is 11.0. The number of sulfone groups is 1. The molecule has 0 aromatic carbocycles. The summed E-state index contributed by atoms with van der Waals surface area (Å²) in [4.78, 5) is 0. The van der Waals surface area contributed by atoms with E-state index in [1.807, 2.05) is 0 Å². The van der Waals surface area contributed by atoms with Gasteiger partial charge in [-0.3, -0.25) is 0 Å². The molecule has 0 rings (SSSR count). The van der Waals surface area contributed by atoms with Crippen molar-refractivity contribution >= 4 is 9.84 Å². The Hall–Kier alpha value is -0.0900. The smallest absolute Gasteiger partial charge is 0.150 e. The summed E-state index contributed by atoms with van der Waals surface area (Å²) in [6, 6.07) is 0. The fourth-order valence-electron chi connectivity index (χ4n) is 1.72. The van der Waals surface area contributed by atoms with Gasteiger partial charge in [0, 0.05) is 5.75 Å². The predicted octanol–water partition coefficient (Wildman–Crippen LogP) is 2.76. The molecule has 0 aliphatic heterocycles. The topological polar surface area (TPSA) is 46.2 Å². The van der Waals surface area contributed by atoms with E-state index in [0.29, 0.717) is 5.75 Å². The highest BCUT2D eigenvalue weighted by atomic mass is 32.2. The molecule has 0 aliphatic carbocycles. The summed E-state index contributed by atoms with van der Waals surface area (Å²) in [5.74, 6) is 0.595. The molecule has 4 heteroatoms. The largest absolute Gasteiger partial charge is 0.317 e. The van der Waals surface area contributed by atoms with Crippen molar-refractivity contribution in [1.82, 2.24) is 5.32 Å². The molecule has 0 bridgehead atoms. The van der Waals surface area contributed by atoms with Crippen molar-refractivity contribution in [2.45, 2.75) is 58.8 Å². The summed E-state index contributed by atoms with van der Waals surface area (Å²) in [5.41, 5.74) is 0. The summed E-state index contributed by atoms with van der Waals surface area (Å²) in [6.07, 6.45) is 8.58. The summed E-state index contributed by atoms with van der Waals surface area (Å²) < 4.78 is 22.4. The summed E-state index contributed by atoms with van der Waals surface area (Å²) in [7, 11) is -2.77. The molecule has 0 fully saturated rings. The maximum absolute atomic E-state index is 11.2. The summed E-state index contributed by atoms with van der Waals surface area (Å²) >= 11 is 0.